The Kier molecular flexibility index (Phi) is 3.05. The lowest BCUT2D eigenvalue weighted by Gasteiger charge is -2.10. The number of carbonyl (C=O) groups is 1. The van der Waals surface area contributed by atoms with E-state index in [1.54, 1.807) is 6.20 Å². The Morgan fingerprint density at radius 1 is 1.60 bits per heavy atom. The quantitative estimate of drug-likeness (QED) is 0.857. The highest BCUT2D eigenvalue weighted by atomic mass is 79.9. The predicted molar refractivity (Wildman–Crippen MR) is 62.5 cm³/mol. The molecule has 0 aliphatic heterocycles. The van der Waals surface area contributed by atoms with Crippen molar-refractivity contribution in [2.45, 2.75) is 19.8 Å². The van der Waals surface area contributed by atoms with Gasteiger partial charge < -0.3 is 5.32 Å². The molecule has 15 heavy (non-hydrogen) atoms. The molecule has 0 aromatic carbocycles. The first-order chi connectivity index (χ1) is 7.16. The van der Waals surface area contributed by atoms with E-state index < -0.39 is 0 Å². The van der Waals surface area contributed by atoms with Gasteiger partial charge in [0.05, 0.1) is 11.9 Å². The molecule has 1 atom stereocenters. The molecule has 3 nitrogen and oxygen atoms in total. The number of amides is 1. The maximum atomic E-state index is 11.7. The predicted octanol–water partition coefficient (Wildman–Crippen LogP) is 2.83. The first-order valence-corrected chi connectivity index (χ1v) is 5.88. The van der Waals surface area contributed by atoms with Crippen molar-refractivity contribution in [3.63, 3.8) is 0 Å². The van der Waals surface area contributed by atoms with Crippen LogP contribution in [-0.4, -0.2) is 10.9 Å². The van der Waals surface area contributed by atoms with Crippen LogP contribution in [0.1, 0.15) is 19.8 Å². The summed E-state index contributed by atoms with van der Waals surface area (Å²) in [6, 6.07) is 3.66. The summed E-state index contributed by atoms with van der Waals surface area (Å²) in [4.78, 5) is 15.8. The molecular weight excluding hydrogens is 256 g/mol. The van der Waals surface area contributed by atoms with E-state index in [0.29, 0.717) is 5.92 Å². The van der Waals surface area contributed by atoms with E-state index in [1.165, 1.54) is 12.8 Å². The van der Waals surface area contributed by atoms with Crippen molar-refractivity contribution in [1.29, 1.82) is 0 Å². The number of anilines is 1. The molecule has 1 aromatic heterocycles. The van der Waals surface area contributed by atoms with Gasteiger partial charge in [-0.3, -0.25) is 4.79 Å². The van der Waals surface area contributed by atoms with Gasteiger partial charge in [-0.1, -0.05) is 6.92 Å². The van der Waals surface area contributed by atoms with Crippen LogP contribution in [-0.2, 0) is 4.79 Å². The largest absolute Gasteiger partial charge is 0.324 e. The van der Waals surface area contributed by atoms with Gasteiger partial charge in [-0.05, 0) is 46.8 Å². The van der Waals surface area contributed by atoms with Crippen molar-refractivity contribution in [2.75, 3.05) is 5.32 Å². The van der Waals surface area contributed by atoms with Gasteiger partial charge in [0.2, 0.25) is 5.91 Å². The topological polar surface area (TPSA) is 42.0 Å². The average molecular weight is 269 g/mol. The summed E-state index contributed by atoms with van der Waals surface area (Å²) in [7, 11) is 0. The molecule has 0 saturated heterocycles. The molecule has 80 valence electrons. The van der Waals surface area contributed by atoms with Crippen LogP contribution in [0.15, 0.2) is 22.9 Å². The molecule has 1 aromatic rings. The number of carbonyl (C=O) groups excluding carboxylic acids is 1. The average Bonchev–Trinajstić information content (AvgIpc) is 3.04. The summed E-state index contributed by atoms with van der Waals surface area (Å²) >= 11 is 3.25. The minimum atomic E-state index is 0.0987. The number of aromatic nitrogens is 1. The third-order valence-corrected chi connectivity index (χ3v) is 3.21. The van der Waals surface area contributed by atoms with Crippen molar-refractivity contribution in [1.82, 2.24) is 4.98 Å². The van der Waals surface area contributed by atoms with Gasteiger partial charge in [0, 0.05) is 5.92 Å². The number of nitrogens with one attached hydrogen (secondary N) is 1. The van der Waals surface area contributed by atoms with Crippen LogP contribution in [0.5, 0.6) is 0 Å². The Balaban J connectivity index is 1.95. The lowest BCUT2D eigenvalue weighted by atomic mass is 10.1. The molecule has 1 amide bonds. The van der Waals surface area contributed by atoms with Crippen LogP contribution in [0.3, 0.4) is 0 Å². The van der Waals surface area contributed by atoms with E-state index in [2.05, 4.69) is 26.2 Å². The second-order valence-corrected chi connectivity index (χ2v) is 4.80. The zero-order valence-electron chi connectivity index (χ0n) is 8.53. The minimum absolute atomic E-state index is 0.0987. The third kappa shape index (κ3) is 2.78. The zero-order valence-corrected chi connectivity index (χ0v) is 10.1. The summed E-state index contributed by atoms with van der Waals surface area (Å²) in [5, 5.41) is 2.87. The lowest BCUT2D eigenvalue weighted by Crippen LogP contribution is -2.21. The van der Waals surface area contributed by atoms with Crippen molar-refractivity contribution >= 4 is 27.5 Å². The molecule has 1 aliphatic rings. The number of rotatable bonds is 3. The van der Waals surface area contributed by atoms with Gasteiger partial charge in [-0.15, -0.1) is 0 Å². The molecule has 1 unspecified atom stereocenters. The molecule has 1 fully saturated rings. The van der Waals surface area contributed by atoms with E-state index in [1.807, 2.05) is 19.1 Å². The van der Waals surface area contributed by atoms with E-state index in [4.69, 9.17) is 0 Å². The van der Waals surface area contributed by atoms with E-state index in [-0.39, 0.29) is 11.8 Å². The lowest BCUT2D eigenvalue weighted by molar-refractivity contribution is -0.119. The van der Waals surface area contributed by atoms with Crippen molar-refractivity contribution in [2.24, 2.45) is 11.8 Å². The zero-order chi connectivity index (χ0) is 10.8. The summed E-state index contributed by atoms with van der Waals surface area (Å²) in [6.45, 7) is 1.99. The second-order valence-electron chi connectivity index (χ2n) is 3.98. The molecule has 0 bridgehead atoms. The van der Waals surface area contributed by atoms with Crippen LogP contribution in [0.25, 0.3) is 0 Å². The fraction of sp³-hybridized carbons (Fsp3) is 0.455. The SMILES string of the molecule is CC(C(=O)Nc1ccc(Br)nc1)C1CC1. The highest BCUT2D eigenvalue weighted by molar-refractivity contribution is 9.10. The number of pyridine rings is 1. The summed E-state index contributed by atoms with van der Waals surface area (Å²) in [5.74, 6) is 0.809. The van der Waals surface area contributed by atoms with Crippen LogP contribution in [0, 0.1) is 11.8 Å². The Labute approximate surface area is 97.4 Å². The summed E-state index contributed by atoms with van der Waals surface area (Å²) in [6.07, 6.45) is 4.03. The van der Waals surface area contributed by atoms with Gasteiger partial charge in [0.15, 0.2) is 0 Å². The van der Waals surface area contributed by atoms with Crippen LogP contribution in [0.4, 0.5) is 5.69 Å². The highest BCUT2D eigenvalue weighted by Crippen LogP contribution is 2.36. The fourth-order valence-corrected chi connectivity index (χ4v) is 1.75. The maximum absolute atomic E-state index is 11.7. The van der Waals surface area contributed by atoms with E-state index in [0.717, 1.165) is 10.3 Å². The number of hydrogen-bond acceptors (Lipinski definition) is 2. The molecule has 1 heterocycles. The standard InChI is InChI=1S/C11H13BrN2O/c1-7(8-2-3-8)11(15)14-9-4-5-10(12)13-6-9/h4-8H,2-3H2,1H3,(H,14,15). The fourth-order valence-electron chi connectivity index (χ4n) is 1.52. The van der Waals surface area contributed by atoms with Gasteiger partial charge in [-0.25, -0.2) is 4.98 Å². The van der Waals surface area contributed by atoms with Crippen LogP contribution < -0.4 is 5.32 Å². The van der Waals surface area contributed by atoms with Crippen LogP contribution >= 0.6 is 15.9 Å². The Morgan fingerprint density at radius 2 is 2.33 bits per heavy atom. The summed E-state index contributed by atoms with van der Waals surface area (Å²) in [5.41, 5.74) is 0.760. The Hall–Kier alpha value is -0.900. The van der Waals surface area contributed by atoms with Gasteiger partial charge in [0.1, 0.15) is 4.60 Å². The molecule has 0 radical (unpaired) electrons. The number of hydrogen-bond donors (Lipinski definition) is 1. The summed E-state index contributed by atoms with van der Waals surface area (Å²) < 4.78 is 0.774. The van der Waals surface area contributed by atoms with E-state index >= 15 is 0 Å². The van der Waals surface area contributed by atoms with Crippen molar-refractivity contribution in [3.05, 3.63) is 22.9 Å². The first-order valence-electron chi connectivity index (χ1n) is 5.09. The van der Waals surface area contributed by atoms with Crippen molar-refractivity contribution in [3.8, 4) is 0 Å². The number of nitrogens with zero attached hydrogens (tertiary/aromatic N) is 1. The van der Waals surface area contributed by atoms with E-state index in [9.17, 15) is 4.79 Å². The molecule has 4 heteroatoms. The second kappa shape index (κ2) is 4.31. The van der Waals surface area contributed by atoms with Gasteiger partial charge >= 0.3 is 0 Å². The molecule has 1 N–H and O–H groups in total. The maximum Gasteiger partial charge on any atom is 0.227 e. The van der Waals surface area contributed by atoms with Gasteiger partial charge in [0.25, 0.3) is 0 Å². The Bertz CT molecular complexity index is 359. The van der Waals surface area contributed by atoms with Crippen molar-refractivity contribution < 1.29 is 4.79 Å². The first kappa shape index (κ1) is 10.6. The smallest absolute Gasteiger partial charge is 0.227 e. The molecule has 1 aliphatic carbocycles. The normalized spacial score (nSPS) is 17.2. The van der Waals surface area contributed by atoms with Crippen LogP contribution in [0.2, 0.25) is 0 Å². The third-order valence-electron chi connectivity index (χ3n) is 2.74. The molecular formula is C11H13BrN2O. The minimum Gasteiger partial charge on any atom is -0.324 e. The molecule has 2 rings (SSSR count). The van der Waals surface area contributed by atoms with Gasteiger partial charge in [-0.2, -0.15) is 0 Å². The molecule has 1 saturated carbocycles. The highest BCUT2D eigenvalue weighted by Gasteiger charge is 2.32. The monoisotopic (exact) mass is 268 g/mol. The number of halogens is 1. The Morgan fingerprint density at radius 3 is 2.87 bits per heavy atom. The molecule has 0 spiro atoms.